The summed E-state index contributed by atoms with van der Waals surface area (Å²) in [6.07, 6.45) is 0. The zero-order valence-corrected chi connectivity index (χ0v) is 20.6. The van der Waals surface area contributed by atoms with Crippen molar-refractivity contribution in [1.29, 1.82) is 0 Å². The summed E-state index contributed by atoms with van der Waals surface area (Å²) in [5, 5.41) is 12.6. The Labute approximate surface area is 211 Å². The summed E-state index contributed by atoms with van der Waals surface area (Å²) in [7, 11) is 1.50. The highest BCUT2D eigenvalue weighted by Gasteiger charge is 2.37. The second-order valence-corrected chi connectivity index (χ2v) is 8.27. The van der Waals surface area contributed by atoms with Crippen molar-refractivity contribution in [3.05, 3.63) is 64.7 Å². The monoisotopic (exact) mass is 513 g/mol. The summed E-state index contributed by atoms with van der Waals surface area (Å²) in [5.74, 6) is -1.75. The summed E-state index contributed by atoms with van der Waals surface area (Å²) in [5.41, 5.74) is 11.7. The predicted molar refractivity (Wildman–Crippen MR) is 135 cm³/mol. The molecule has 0 bridgehead atoms. The van der Waals surface area contributed by atoms with Crippen LogP contribution in [0.4, 0.5) is 11.4 Å². The molecule has 3 aromatic rings. The number of nitrogen functional groups attached to an aromatic ring is 1. The van der Waals surface area contributed by atoms with Gasteiger partial charge in [0.25, 0.3) is 11.8 Å². The molecule has 0 aliphatic carbocycles. The van der Waals surface area contributed by atoms with Crippen molar-refractivity contribution < 1.29 is 29.0 Å². The standard InChI is InChI=1S/C24H27N5O6S/c1-3-35-17-7-5-4-6-16(17)29(24(33)21-18(25)19(22(26)31)28-36-21)20(23(32)27-12-13-34-2)14-8-10-15(30)11-9-14/h4-11,20,30H,3,12-13,25H2,1-2H3,(H2,26,31)(H,27,32)/t20-/m1/s1. The third-order valence-corrected chi connectivity index (χ3v) is 5.97. The second-order valence-electron chi connectivity index (χ2n) is 7.49. The molecule has 0 saturated heterocycles. The highest BCUT2D eigenvalue weighted by molar-refractivity contribution is 7.09. The van der Waals surface area contributed by atoms with Gasteiger partial charge in [0.05, 0.1) is 24.6 Å². The highest BCUT2D eigenvalue weighted by Crippen LogP contribution is 2.38. The SMILES string of the molecule is CCOc1ccccc1N(C(=O)c1snc(C(N)=O)c1N)[C@@H](C(=O)NCCOC)c1ccc(O)cc1. The molecule has 0 aliphatic rings. The summed E-state index contributed by atoms with van der Waals surface area (Å²) >= 11 is 0.703. The lowest BCUT2D eigenvalue weighted by molar-refractivity contribution is -0.122. The number of anilines is 2. The maximum atomic E-state index is 14.0. The van der Waals surface area contributed by atoms with Gasteiger partial charge in [0.15, 0.2) is 5.69 Å². The van der Waals surface area contributed by atoms with Gasteiger partial charge in [-0.15, -0.1) is 0 Å². The van der Waals surface area contributed by atoms with Crippen LogP contribution in [-0.4, -0.2) is 54.1 Å². The average Bonchev–Trinajstić information content (AvgIpc) is 3.25. The lowest BCUT2D eigenvalue weighted by atomic mass is 10.0. The van der Waals surface area contributed by atoms with E-state index in [1.165, 1.54) is 36.3 Å². The zero-order chi connectivity index (χ0) is 26.2. The number of aromatic nitrogens is 1. The molecular weight excluding hydrogens is 486 g/mol. The van der Waals surface area contributed by atoms with Crippen molar-refractivity contribution in [2.75, 3.05) is 37.5 Å². The van der Waals surface area contributed by atoms with Gasteiger partial charge in [-0.05, 0) is 48.3 Å². The van der Waals surface area contributed by atoms with Crippen LogP contribution >= 0.6 is 11.5 Å². The van der Waals surface area contributed by atoms with E-state index in [4.69, 9.17) is 20.9 Å². The third-order valence-electron chi connectivity index (χ3n) is 5.12. The number of para-hydroxylation sites is 2. The van der Waals surface area contributed by atoms with Gasteiger partial charge < -0.3 is 31.4 Å². The first kappa shape index (κ1) is 26.4. The number of nitrogens with zero attached hydrogens (tertiary/aromatic N) is 2. The number of rotatable bonds is 11. The molecule has 3 amide bonds. The fourth-order valence-corrected chi connectivity index (χ4v) is 4.23. The number of methoxy groups -OCH3 is 1. The third kappa shape index (κ3) is 5.73. The van der Waals surface area contributed by atoms with Crippen LogP contribution in [0.1, 0.15) is 38.7 Å². The van der Waals surface area contributed by atoms with Crippen LogP contribution < -0.4 is 26.4 Å². The molecule has 0 aliphatic heterocycles. The molecule has 0 radical (unpaired) electrons. The van der Waals surface area contributed by atoms with E-state index in [2.05, 4.69) is 9.69 Å². The summed E-state index contributed by atoms with van der Waals surface area (Å²) in [6, 6.07) is 11.4. The molecule has 2 aromatic carbocycles. The minimum absolute atomic E-state index is 0.0114. The van der Waals surface area contributed by atoms with Gasteiger partial charge >= 0.3 is 0 Å². The molecule has 6 N–H and O–H groups in total. The molecule has 3 rings (SSSR count). The number of carbonyl (C=O) groups is 3. The molecule has 0 saturated carbocycles. The number of amides is 3. The van der Waals surface area contributed by atoms with Gasteiger partial charge in [0, 0.05) is 13.7 Å². The first-order chi connectivity index (χ1) is 17.3. The number of phenols is 1. The fourth-order valence-electron chi connectivity index (χ4n) is 3.49. The maximum Gasteiger partial charge on any atom is 0.273 e. The zero-order valence-electron chi connectivity index (χ0n) is 19.8. The van der Waals surface area contributed by atoms with Gasteiger partial charge in [-0.1, -0.05) is 24.3 Å². The Balaban J connectivity index is 2.23. The first-order valence-corrected chi connectivity index (χ1v) is 11.7. The van der Waals surface area contributed by atoms with E-state index in [-0.39, 0.29) is 40.8 Å². The lowest BCUT2D eigenvalue weighted by Crippen LogP contribution is -2.45. The normalized spacial score (nSPS) is 11.5. The summed E-state index contributed by atoms with van der Waals surface area (Å²) in [4.78, 5) is 40.5. The molecule has 11 nitrogen and oxygen atoms in total. The van der Waals surface area contributed by atoms with Crippen LogP contribution in [0, 0.1) is 0 Å². The van der Waals surface area contributed by atoms with E-state index in [9.17, 15) is 19.5 Å². The van der Waals surface area contributed by atoms with Crippen LogP contribution in [0.2, 0.25) is 0 Å². The molecule has 190 valence electrons. The maximum absolute atomic E-state index is 14.0. The van der Waals surface area contributed by atoms with E-state index in [1.807, 2.05) is 0 Å². The molecule has 12 heteroatoms. The van der Waals surface area contributed by atoms with E-state index in [0.29, 0.717) is 29.5 Å². The Hall–Kier alpha value is -4.16. The average molecular weight is 514 g/mol. The molecule has 1 atom stereocenters. The molecule has 0 spiro atoms. The summed E-state index contributed by atoms with van der Waals surface area (Å²) < 4.78 is 14.7. The predicted octanol–water partition coefficient (Wildman–Crippen LogP) is 2.08. The van der Waals surface area contributed by atoms with Gasteiger partial charge in [-0.2, -0.15) is 4.37 Å². The quantitative estimate of drug-likeness (QED) is 0.282. The van der Waals surface area contributed by atoms with Gasteiger partial charge in [0.1, 0.15) is 22.4 Å². The largest absolute Gasteiger partial charge is 0.508 e. The fraction of sp³-hybridized carbons (Fsp3) is 0.250. The van der Waals surface area contributed by atoms with Crippen molar-refractivity contribution in [2.45, 2.75) is 13.0 Å². The molecular formula is C24H27N5O6S. The Kier molecular flexibility index (Phi) is 8.81. The molecule has 36 heavy (non-hydrogen) atoms. The number of hydrogen-bond donors (Lipinski definition) is 4. The number of nitrogens with one attached hydrogen (secondary N) is 1. The van der Waals surface area contributed by atoms with Gasteiger partial charge in [-0.25, -0.2) is 0 Å². The molecule has 1 aromatic heterocycles. The van der Waals surface area contributed by atoms with E-state index in [0.717, 1.165) is 0 Å². The number of hydrogen-bond acceptors (Lipinski definition) is 9. The number of primary amides is 1. The number of benzene rings is 2. The topological polar surface area (TPSA) is 170 Å². The summed E-state index contributed by atoms with van der Waals surface area (Å²) in [6.45, 7) is 2.53. The van der Waals surface area contributed by atoms with Gasteiger partial charge in [0.2, 0.25) is 5.91 Å². The van der Waals surface area contributed by atoms with Crippen LogP contribution in [0.3, 0.4) is 0 Å². The number of phenolic OH excluding ortho intramolecular Hbond substituents is 1. The number of ether oxygens (including phenoxy) is 2. The van der Waals surface area contributed by atoms with E-state index >= 15 is 0 Å². The Morgan fingerprint density at radius 2 is 1.86 bits per heavy atom. The van der Waals surface area contributed by atoms with Crippen LogP contribution in [0.5, 0.6) is 11.5 Å². The molecule has 1 heterocycles. The van der Waals surface area contributed by atoms with Crippen molar-refractivity contribution >= 4 is 40.6 Å². The van der Waals surface area contributed by atoms with Crippen molar-refractivity contribution in [1.82, 2.24) is 9.69 Å². The smallest absolute Gasteiger partial charge is 0.273 e. The second kappa shape index (κ2) is 12.0. The van der Waals surface area contributed by atoms with Gasteiger partial charge in [-0.3, -0.25) is 19.3 Å². The molecule has 0 unspecified atom stereocenters. The van der Waals surface area contributed by atoms with Crippen LogP contribution in [0.25, 0.3) is 0 Å². The lowest BCUT2D eigenvalue weighted by Gasteiger charge is -2.32. The number of carbonyl (C=O) groups excluding carboxylic acids is 3. The highest BCUT2D eigenvalue weighted by atomic mass is 32.1. The number of nitrogens with two attached hydrogens (primary N) is 2. The van der Waals surface area contributed by atoms with E-state index in [1.54, 1.807) is 31.2 Å². The minimum Gasteiger partial charge on any atom is -0.508 e. The van der Waals surface area contributed by atoms with E-state index < -0.39 is 23.8 Å². The van der Waals surface area contributed by atoms with Crippen molar-refractivity contribution in [2.24, 2.45) is 5.73 Å². The van der Waals surface area contributed by atoms with Crippen molar-refractivity contribution in [3.63, 3.8) is 0 Å². The Morgan fingerprint density at radius 3 is 2.47 bits per heavy atom. The Morgan fingerprint density at radius 1 is 1.17 bits per heavy atom. The number of aromatic hydroxyl groups is 1. The van der Waals surface area contributed by atoms with Crippen LogP contribution in [-0.2, 0) is 9.53 Å². The van der Waals surface area contributed by atoms with Crippen LogP contribution in [0.15, 0.2) is 48.5 Å². The molecule has 0 fully saturated rings. The Bertz CT molecular complexity index is 1230. The van der Waals surface area contributed by atoms with Crippen molar-refractivity contribution in [3.8, 4) is 11.5 Å². The first-order valence-electron chi connectivity index (χ1n) is 11.0. The minimum atomic E-state index is -1.21.